The number of likely N-dealkylation sites (N-methyl/N-ethyl adjacent to an activating group) is 1. The van der Waals surface area contributed by atoms with Gasteiger partial charge in [0.25, 0.3) is 5.91 Å². The number of hydrogen-bond acceptors (Lipinski definition) is 7. The lowest BCUT2D eigenvalue weighted by Gasteiger charge is -2.36. The predicted octanol–water partition coefficient (Wildman–Crippen LogP) is 5.20. The minimum absolute atomic E-state index is 0.147. The van der Waals surface area contributed by atoms with Crippen molar-refractivity contribution in [1.29, 1.82) is 0 Å². The minimum atomic E-state index is -0.147. The smallest absolute Gasteiger partial charge is 0.286 e. The quantitative estimate of drug-likeness (QED) is 0.433. The SMILES string of the molecule is CCN1CCN(c2ccc(-c3ncnc4ccc(C=C5SC(N6CCCCC6)=NC5=O)cc34)cc2C)CC1. The van der Waals surface area contributed by atoms with E-state index in [1.54, 1.807) is 6.33 Å². The van der Waals surface area contributed by atoms with Crippen LogP contribution in [0.15, 0.2) is 52.6 Å². The van der Waals surface area contributed by atoms with Crippen LogP contribution in [0.2, 0.25) is 0 Å². The minimum Gasteiger partial charge on any atom is -0.369 e. The van der Waals surface area contributed by atoms with Crippen LogP contribution in [0.1, 0.15) is 37.3 Å². The molecule has 0 N–H and O–H groups in total. The van der Waals surface area contributed by atoms with Crippen molar-refractivity contribution in [2.75, 3.05) is 50.7 Å². The van der Waals surface area contributed by atoms with E-state index in [-0.39, 0.29) is 5.91 Å². The Morgan fingerprint density at radius 1 is 0.921 bits per heavy atom. The van der Waals surface area contributed by atoms with E-state index in [2.05, 4.69) is 67.8 Å². The maximum absolute atomic E-state index is 12.7. The van der Waals surface area contributed by atoms with Crippen LogP contribution >= 0.6 is 11.8 Å². The van der Waals surface area contributed by atoms with Gasteiger partial charge in [-0.1, -0.05) is 19.1 Å². The molecule has 0 radical (unpaired) electrons. The number of benzene rings is 2. The average molecular weight is 527 g/mol. The zero-order valence-electron chi connectivity index (χ0n) is 22.2. The third kappa shape index (κ3) is 5.07. The van der Waals surface area contributed by atoms with Crippen molar-refractivity contribution in [3.8, 4) is 11.3 Å². The van der Waals surface area contributed by atoms with E-state index in [1.165, 1.54) is 29.4 Å². The van der Waals surface area contributed by atoms with Gasteiger partial charge in [0, 0.05) is 55.9 Å². The van der Waals surface area contributed by atoms with Crippen molar-refractivity contribution < 1.29 is 4.79 Å². The fourth-order valence-corrected chi connectivity index (χ4v) is 6.59. The standard InChI is InChI=1S/C30H34N6OS/c1-3-34-13-15-35(16-14-34)26-10-8-23(17-21(26)2)28-24-18-22(7-9-25(24)31-20-32-28)19-27-29(37)33-30(38-27)36-11-5-4-6-12-36/h7-10,17-20H,3-6,11-16H2,1-2H3. The molecule has 3 aliphatic heterocycles. The highest BCUT2D eigenvalue weighted by atomic mass is 32.2. The lowest BCUT2D eigenvalue weighted by Crippen LogP contribution is -2.46. The molecule has 38 heavy (non-hydrogen) atoms. The van der Waals surface area contributed by atoms with Gasteiger partial charge in [-0.3, -0.25) is 4.79 Å². The lowest BCUT2D eigenvalue weighted by molar-refractivity contribution is -0.113. The molecular formula is C30H34N6OS. The molecule has 0 saturated carbocycles. The molecule has 0 aliphatic carbocycles. The molecule has 3 aliphatic rings. The third-order valence-electron chi connectivity index (χ3n) is 7.82. The van der Waals surface area contributed by atoms with E-state index in [1.807, 2.05) is 18.2 Å². The molecule has 3 aromatic rings. The highest BCUT2D eigenvalue weighted by Gasteiger charge is 2.27. The summed E-state index contributed by atoms with van der Waals surface area (Å²) in [6, 6.07) is 12.8. The number of likely N-dealkylation sites (tertiary alicyclic amines) is 1. The monoisotopic (exact) mass is 526 g/mol. The Labute approximate surface area is 228 Å². The summed E-state index contributed by atoms with van der Waals surface area (Å²) in [5.41, 5.74) is 6.41. The number of carbonyl (C=O) groups is 1. The van der Waals surface area contributed by atoms with Gasteiger partial charge in [0.15, 0.2) is 5.17 Å². The second-order valence-electron chi connectivity index (χ2n) is 10.3. The fourth-order valence-electron chi connectivity index (χ4n) is 5.63. The van der Waals surface area contributed by atoms with Crippen LogP contribution in [0, 0.1) is 6.92 Å². The van der Waals surface area contributed by atoms with Gasteiger partial charge in [0.1, 0.15) is 6.33 Å². The molecule has 2 saturated heterocycles. The summed E-state index contributed by atoms with van der Waals surface area (Å²) in [6.07, 6.45) is 7.17. The van der Waals surface area contributed by atoms with E-state index < -0.39 is 0 Å². The number of aromatic nitrogens is 2. The number of rotatable bonds is 4. The van der Waals surface area contributed by atoms with Crippen molar-refractivity contribution >= 4 is 45.5 Å². The normalized spacial score (nSPS) is 20.0. The Morgan fingerprint density at radius 3 is 2.50 bits per heavy atom. The van der Waals surface area contributed by atoms with Gasteiger partial charge in [-0.15, -0.1) is 0 Å². The van der Waals surface area contributed by atoms with Gasteiger partial charge in [-0.25, -0.2) is 9.97 Å². The van der Waals surface area contributed by atoms with Crippen LogP contribution in [0.4, 0.5) is 5.69 Å². The first-order valence-corrected chi connectivity index (χ1v) is 14.5. The van der Waals surface area contributed by atoms with E-state index in [9.17, 15) is 4.79 Å². The third-order valence-corrected chi connectivity index (χ3v) is 8.87. The van der Waals surface area contributed by atoms with Crippen LogP contribution in [0.25, 0.3) is 28.2 Å². The summed E-state index contributed by atoms with van der Waals surface area (Å²) in [4.78, 5) is 34.1. The zero-order valence-corrected chi connectivity index (χ0v) is 23.0. The molecule has 7 nitrogen and oxygen atoms in total. The molecule has 1 amide bonds. The molecule has 0 spiro atoms. The summed E-state index contributed by atoms with van der Waals surface area (Å²) in [6.45, 7) is 11.8. The lowest BCUT2D eigenvalue weighted by atomic mass is 10.0. The molecular weight excluding hydrogens is 492 g/mol. The van der Waals surface area contributed by atoms with E-state index in [0.29, 0.717) is 4.91 Å². The second kappa shape index (κ2) is 10.9. The number of carbonyl (C=O) groups excluding carboxylic acids is 1. The molecule has 2 fully saturated rings. The number of aliphatic imine (C=N–C) groups is 1. The van der Waals surface area contributed by atoms with Crippen LogP contribution in [0.5, 0.6) is 0 Å². The number of aryl methyl sites for hydroxylation is 1. The fraction of sp³-hybridized carbons (Fsp3) is 0.400. The summed E-state index contributed by atoms with van der Waals surface area (Å²) in [7, 11) is 0. The molecule has 2 aromatic carbocycles. The van der Waals surface area contributed by atoms with Gasteiger partial charge in [-0.2, -0.15) is 4.99 Å². The maximum atomic E-state index is 12.7. The Balaban J connectivity index is 1.27. The number of amidine groups is 1. The number of thioether (sulfide) groups is 1. The molecule has 196 valence electrons. The number of nitrogens with zero attached hydrogens (tertiary/aromatic N) is 6. The van der Waals surface area contributed by atoms with Crippen LogP contribution < -0.4 is 4.90 Å². The van der Waals surface area contributed by atoms with E-state index >= 15 is 0 Å². The summed E-state index contributed by atoms with van der Waals surface area (Å²) >= 11 is 1.49. The number of fused-ring (bicyclic) bond motifs is 1. The predicted molar refractivity (Wildman–Crippen MR) is 157 cm³/mol. The summed E-state index contributed by atoms with van der Waals surface area (Å²) in [5.74, 6) is -0.147. The van der Waals surface area contributed by atoms with Crippen molar-refractivity contribution in [1.82, 2.24) is 19.8 Å². The van der Waals surface area contributed by atoms with Crippen molar-refractivity contribution in [3.05, 3.63) is 58.8 Å². The van der Waals surface area contributed by atoms with E-state index in [4.69, 9.17) is 0 Å². The van der Waals surface area contributed by atoms with E-state index in [0.717, 1.165) is 91.5 Å². The van der Waals surface area contributed by atoms with Crippen molar-refractivity contribution in [2.45, 2.75) is 33.1 Å². The Kier molecular flexibility index (Phi) is 7.17. The first kappa shape index (κ1) is 25.1. The van der Waals surface area contributed by atoms with Crippen LogP contribution in [-0.2, 0) is 4.79 Å². The second-order valence-corrected chi connectivity index (χ2v) is 11.3. The molecule has 8 heteroatoms. The Hall–Kier alpha value is -3.23. The number of piperidine rings is 1. The first-order valence-electron chi connectivity index (χ1n) is 13.7. The largest absolute Gasteiger partial charge is 0.369 e. The van der Waals surface area contributed by atoms with Gasteiger partial charge in [-0.05, 0) is 86.0 Å². The number of piperazine rings is 1. The molecule has 1 aromatic heterocycles. The molecule has 4 heterocycles. The number of anilines is 1. The molecule has 0 unspecified atom stereocenters. The highest BCUT2D eigenvalue weighted by Crippen LogP contribution is 2.34. The average Bonchev–Trinajstić information content (AvgIpc) is 3.33. The zero-order chi connectivity index (χ0) is 26.1. The molecule has 6 rings (SSSR count). The van der Waals surface area contributed by atoms with Gasteiger partial charge in [0.2, 0.25) is 0 Å². The van der Waals surface area contributed by atoms with Crippen LogP contribution in [0.3, 0.4) is 0 Å². The van der Waals surface area contributed by atoms with Gasteiger partial charge < -0.3 is 14.7 Å². The maximum Gasteiger partial charge on any atom is 0.286 e. The van der Waals surface area contributed by atoms with Gasteiger partial charge >= 0.3 is 0 Å². The first-order chi connectivity index (χ1) is 18.6. The van der Waals surface area contributed by atoms with Crippen molar-refractivity contribution in [2.24, 2.45) is 4.99 Å². The van der Waals surface area contributed by atoms with Gasteiger partial charge in [0.05, 0.1) is 16.1 Å². The number of hydrogen-bond donors (Lipinski definition) is 0. The Morgan fingerprint density at radius 2 is 1.74 bits per heavy atom. The molecule has 0 atom stereocenters. The van der Waals surface area contributed by atoms with Crippen LogP contribution in [-0.4, -0.2) is 76.7 Å². The molecule has 0 bridgehead atoms. The van der Waals surface area contributed by atoms with Crippen molar-refractivity contribution in [3.63, 3.8) is 0 Å². The Bertz CT molecular complexity index is 1420. The number of amides is 1. The topological polar surface area (TPSA) is 64.9 Å². The summed E-state index contributed by atoms with van der Waals surface area (Å²) in [5, 5.41) is 1.83. The highest BCUT2D eigenvalue weighted by molar-refractivity contribution is 8.18. The summed E-state index contributed by atoms with van der Waals surface area (Å²) < 4.78 is 0.